The maximum absolute atomic E-state index is 13.6. The molecule has 270 valence electrons. The van der Waals surface area contributed by atoms with Crippen molar-refractivity contribution in [3.05, 3.63) is 59.7 Å². The van der Waals surface area contributed by atoms with E-state index < -0.39 is 24.2 Å². The summed E-state index contributed by atoms with van der Waals surface area (Å²) in [6.07, 6.45) is -0.470. The zero-order valence-corrected chi connectivity index (χ0v) is 27.6. The Morgan fingerprint density at radius 2 is 1.59 bits per heavy atom. The molecule has 3 atom stereocenters. The standard InChI is InChI=1S/C32H44N4O6.C2HF3O2/c1-3-42-31(40)24-11-13-25(14-12-24)34-32(41)35-29(19-22-9-15-27(37)16-10-22)30(39)33-26-7-5-17-36(2,21-26)20-23-6-4-8-28(38)18-23;3-2(4,5)1(6)7/h4,6,8-10,15-16,18,24-26,29H,3,5,7,11-14,17,19-21H2,1-2H3,(H4-,33,34,35,37,38,39,41);(H,6,7)/t24?,25?,26-,29-,36?;/m0./s1. The molecule has 2 aromatic rings. The third kappa shape index (κ3) is 13.1. The van der Waals surface area contributed by atoms with Crippen LogP contribution in [0, 0.1) is 5.92 Å². The van der Waals surface area contributed by atoms with Crippen LogP contribution in [0.15, 0.2) is 48.5 Å². The highest BCUT2D eigenvalue weighted by atomic mass is 19.4. The largest absolute Gasteiger partial charge is 0.542 e. The molecule has 15 heteroatoms. The number of benzene rings is 2. The number of urea groups is 1. The summed E-state index contributed by atoms with van der Waals surface area (Å²) in [6.45, 7) is 4.61. The van der Waals surface area contributed by atoms with Crippen molar-refractivity contribution in [3.8, 4) is 11.5 Å². The van der Waals surface area contributed by atoms with Crippen LogP contribution in [0.2, 0.25) is 0 Å². The Morgan fingerprint density at radius 3 is 2.18 bits per heavy atom. The van der Waals surface area contributed by atoms with Gasteiger partial charge in [0.1, 0.15) is 30.1 Å². The Hall–Kier alpha value is -4.53. The molecule has 1 unspecified atom stereocenters. The van der Waals surface area contributed by atoms with Crippen LogP contribution in [0.25, 0.3) is 0 Å². The van der Waals surface area contributed by atoms with Crippen molar-refractivity contribution in [2.75, 3.05) is 26.7 Å². The van der Waals surface area contributed by atoms with E-state index in [4.69, 9.17) is 14.6 Å². The summed E-state index contributed by atoms with van der Waals surface area (Å²) in [5.74, 6) is -3.19. The molecule has 4 rings (SSSR count). The van der Waals surface area contributed by atoms with E-state index >= 15 is 0 Å². The predicted octanol–water partition coefficient (Wildman–Crippen LogP) is 2.65. The van der Waals surface area contributed by atoms with Gasteiger partial charge in [-0.2, -0.15) is 13.2 Å². The maximum atomic E-state index is 13.6. The number of piperidine rings is 1. The number of carboxylic acids is 1. The lowest BCUT2D eigenvalue weighted by atomic mass is 9.86. The number of quaternary nitrogens is 1. The summed E-state index contributed by atoms with van der Waals surface area (Å²) in [4.78, 5) is 47.5. The first kappa shape index (κ1) is 38.9. The molecule has 1 aliphatic carbocycles. The fraction of sp³-hybridized carbons (Fsp3) is 0.529. The van der Waals surface area contributed by atoms with E-state index in [0.29, 0.717) is 32.3 Å². The quantitative estimate of drug-likeness (QED) is 0.186. The average molecular weight is 695 g/mol. The molecular weight excluding hydrogens is 649 g/mol. The number of rotatable bonds is 10. The number of aliphatic carboxylic acids is 1. The molecular formula is C34H45F3N4O8. The van der Waals surface area contributed by atoms with Crippen molar-refractivity contribution >= 4 is 23.9 Å². The Kier molecular flexibility index (Phi) is 14.1. The van der Waals surface area contributed by atoms with Crippen molar-refractivity contribution in [3.63, 3.8) is 0 Å². The Balaban J connectivity index is 0.000000838. The van der Waals surface area contributed by atoms with E-state index in [9.17, 15) is 37.8 Å². The van der Waals surface area contributed by atoms with E-state index in [1.807, 2.05) is 12.1 Å². The number of carbonyl (C=O) groups is 4. The minimum atomic E-state index is -5.19. The number of aromatic hydroxyl groups is 2. The molecule has 1 saturated heterocycles. The number of alkyl halides is 3. The molecule has 12 nitrogen and oxygen atoms in total. The van der Waals surface area contributed by atoms with Gasteiger partial charge in [0.25, 0.3) is 0 Å². The second-order valence-corrected chi connectivity index (χ2v) is 12.8. The molecule has 1 aliphatic heterocycles. The molecule has 2 aromatic carbocycles. The number of hydrogen-bond acceptors (Lipinski definition) is 8. The van der Waals surface area contributed by atoms with Crippen molar-refractivity contribution in [1.29, 1.82) is 0 Å². The molecule has 1 saturated carbocycles. The summed E-state index contributed by atoms with van der Waals surface area (Å²) in [5.41, 5.74) is 1.86. The van der Waals surface area contributed by atoms with E-state index in [2.05, 4.69) is 23.0 Å². The number of ether oxygens (including phenoxy) is 1. The Labute approximate surface area is 283 Å². The zero-order chi connectivity index (χ0) is 36.2. The van der Waals surface area contributed by atoms with Crippen molar-refractivity contribution < 1.29 is 56.9 Å². The lowest BCUT2D eigenvalue weighted by Gasteiger charge is -2.42. The topological polar surface area (TPSA) is 177 Å². The minimum absolute atomic E-state index is 0.0566. The molecule has 0 spiro atoms. The molecule has 0 bridgehead atoms. The first-order valence-corrected chi connectivity index (χ1v) is 16.3. The molecule has 5 N–H and O–H groups in total. The lowest BCUT2D eigenvalue weighted by molar-refractivity contribution is -0.927. The molecule has 49 heavy (non-hydrogen) atoms. The van der Waals surface area contributed by atoms with Crippen LogP contribution in [-0.4, -0.2) is 89.6 Å². The van der Waals surface area contributed by atoms with Crippen LogP contribution < -0.4 is 21.1 Å². The number of phenolic OH excluding ortho intramolecular Hbond substituents is 2. The minimum Gasteiger partial charge on any atom is -0.542 e. The number of likely N-dealkylation sites (N-methyl/N-ethyl adjacent to an activating group) is 1. The van der Waals surface area contributed by atoms with Gasteiger partial charge in [-0.3, -0.25) is 9.59 Å². The maximum Gasteiger partial charge on any atom is 0.430 e. The van der Waals surface area contributed by atoms with Gasteiger partial charge in [-0.05, 0) is 75.3 Å². The van der Waals surface area contributed by atoms with Crippen LogP contribution in [-0.2, 0) is 32.1 Å². The van der Waals surface area contributed by atoms with Gasteiger partial charge < -0.3 is 45.3 Å². The number of hydrogen-bond donors (Lipinski definition) is 5. The number of amides is 3. The molecule has 0 radical (unpaired) electrons. The lowest BCUT2D eigenvalue weighted by Crippen LogP contribution is -2.60. The van der Waals surface area contributed by atoms with Crippen molar-refractivity contribution in [2.24, 2.45) is 5.92 Å². The van der Waals surface area contributed by atoms with E-state index in [1.165, 1.54) is 0 Å². The second-order valence-electron chi connectivity index (χ2n) is 12.8. The van der Waals surface area contributed by atoms with Crippen LogP contribution >= 0.6 is 0 Å². The van der Waals surface area contributed by atoms with Gasteiger partial charge in [0.05, 0.1) is 38.7 Å². The van der Waals surface area contributed by atoms with Gasteiger partial charge in [-0.25, -0.2) is 4.79 Å². The molecule has 2 fully saturated rings. The SMILES string of the molecule is CCOC(=O)C1CCC(NC(=O)N[C@@H](Cc2ccc(O)cc2)C(=O)N[C@H]2CCC[N+](C)(Cc3cccc(O)c3)C2)CC1.O=C([O-])C(F)(F)F. The third-order valence-corrected chi connectivity index (χ3v) is 8.64. The molecule has 0 aromatic heterocycles. The first-order chi connectivity index (χ1) is 23.1. The number of carboxylic acid groups (broad SMARTS) is 1. The van der Waals surface area contributed by atoms with Gasteiger partial charge in [0.15, 0.2) is 0 Å². The first-order valence-electron chi connectivity index (χ1n) is 16.3. The van der Waals surface area contributed by atoms with E-state index in [0.717, 1.165) is 48.1 Å². The second kappa shape index (κ2) is 17.7. The fourth-order valence-electron chi connectivity index (χ4n) is 6.29. The van der Waals surface area contributed by atoms with Crippen LogP contribution in [0.1, 0.15) is 56.6 Å². The number of esters is 1. The van der Waals surface area contributed by atoms with Gasteiger partial charge >= 0.3 is 18.2 Å². The normalized spacial score (nSPS) is 22.8. The van der Waals surface area contributed by atoms with Crippen LogP contribution in [0.4, 0.5) is 18.0 Å². The number of phenols is 2. The van der Waals surface area contributed by atoms with E-state index in [-0.39, 0.29) is 47.8 Å². The van der Waals surface area contributed by atoms with Crippen molar-refractivity contribution in [1.82, 2.24) is 16.0 Å². The summed E-state index contributed by atoms with van der Waals surface area (Å²) in [7, 11) is 2.17. The highest BCUT2D eigenvalue weighted by Crippen LogP contribution is 2.26. The monoisotopic (exact) mass is 694 g/mol. The molecule has 2 aliphatic rings. The average Bonchev–Trinajstić information content (AvgIpc) is 3.02. The summed E-state index contributed by atoms with van der Waals surface area (Å²) < 4.78 is 37.4. The molecule has 3 amide bonds. The summed E-state index contributed by atoms with van der Waals surface area (Å²) >= 11 is 0. The number of nitrogens with zero attached hydrogens (tertiary/aromatic N) is 1. The number of likely N-dealkylation sites (tertiary alicyclic amines) is 1. The third-order valence-electron chi connectivity index (χ3n) is 8.64. The summed E-state index contributed by atoms with van der Waals surface area (Å²) in [5, 5.41) is 37.4. The predicted molar refractivity (Wildman–Crippen MR) is 170 cm³/mol. The number of carbonyl (C=O) groups excluding carboxylic acids is 4. The number of nitrogens with one attached hydrogen (secondary N) is 3. The zero-order valence-electron chi connectivity index (χ0n) is 27.6. The molecule has 1 heterocycles. The number of halogens is 3. The van der Waals surface area contributed by atoms with Gasteiger partial charge in [-0.1, -0.05) is 24.3 Å². The highest BCUT2D eigenvalue weighted by Gasteiger charge is 2.35. The van der Waals surface area contributed by atoms with Gasteiger partial charge in [0, 0.05) is 18.0 Å². The van der Waals surface area contributed by atoms with Gasteiger partial charge in [-0.15, -0.1) is 0 Å². The van der Waals surface area contributed by atoms with Crippen molar-refractivity contribution in [2.45, 2.75) is 82.7 Å². The Bertz CT molecular complexity index is 1420. The Morgan fingerprint density at radius 1 is 0.939 bits per heavy atom. The smallest absolute Gasteiger partial charge is 0.430 e. The van der Waals surface area contributed by atoms with Crippen LogP contribution in [0.5, 0.6) is 11.5 Å². The summed E-state index contributed by atoms with van der Waals surface area (Å²) in [6, 6.07) is 12.6. The van der Waals surface area contributed by atoms with Gasteiger partial charge in [0.2, 0.25) is 5.91 Å². The fourth-order valence-corrected chi connectivity index (χ4v) is 6.29. The highest BCUT2D eigenvalue weighted by molar-refractivity contribution is 5.87. The van der Waals surface area contributed by atoms with Crippen LogP contribution in [0.3, 0.4) is 0 Å². The van der Waals surface area contributed by atoms with E-state index in [1.54, 1.807) is 43.3 Å².